The second-order valence-electron chi connectivity index (χ2n) is 9.65. The normalized spacial score (nSPS) is 13.4. The van der Waals surface area contributed by atoms with Gasteiger partial charge < -0.3 is 4.43 Å². The zero-order valence-corrected chi connectivity index (χ0v) is 20.2. The predicted molar refractivity (Wildman–Crippen MR) is 126 cm³/mol. The Morgan fingerprint density at radius 3 is 2.25 bits per heavy atom. The van der Waals surface area contributed by atoms with Gasteiger partial charge in [-0.25, -0.2) is 0 Å². The number of rotatable bonds is 11. The van der Waals surface area contributed by atoms with Crippen LogP contribution >= 0.6 is 0 Å². The van der Waals surface area contributed by atoms with Crippen molar-refractivity contribution in [3.63, 3.8) is 0 Å². The third-order valence-corrected chi connectivity index (χ3v) is 6.54. The van der Waals surface area contributed by atoms with E-state index in [2.05, 4.69) is 71.1 Å². The first-order valence-corrected chi connectivity index (χ1v) is 14.0. The minimum Gasteiger partial charge on any atom is -0.421 e. The monoisotopic (exact) mass is 399 g/mol. The van der Waals surface area contributed by atoms with E-state index in [0.29, 0.717) is 5.92 Å². The number of unbranched alkanes of at least 4 members (excludes halogenated alkanes) is 5. The van der Waals surface area contributed by atoms with Gasteiger partial charge in [0.2, 0.25) is 0 Å². The molecule has 0 aliphatic carbocycles. The number of hydrogen-bond donors (Lipinski definition) is 0. The summed E-state index contributed by atoms with van der Waals surface area (Å²) in [6.45, 7) is 14.7. The number of fused-ring (bicyclic) bond motifs is 1. The molecule has 2 nitrogen and oxygen atoms in total. The van der Waals surface area contributed by atoms with Gasteiger partial charge >= 0.3 is 0 Å². The fourth-order valence-electron chi connectivity index (χ4n) is 4.03. The molecule has 2 rings (SSSR count). The first-order valence-electron chi connectivity index (χ1n) is 11.3. The number of nitrogens with zero attached hydrogens (tertiary/aromatic N) is 1. The average Bonchev–Trinajstić information content (AvgIpc) is 2.61. The molecule has 0 saturated heterocycles. The van der Waals surface area contributed by atoms with Crippen molar-refractivity contribution in [1.29, 1.82) is 0 Å². The van der Waals surface area contributed by atoms with Crippen LogP contribution in [0.2, 0.25) is 13.1 Å². The number of benzene rings is 1. The van der Waals surface area contributed by atoms with E-state index < -0.39 is 9.04 Å². The quantitative estimate of drug-likeness (QED) is 0.290. The van der Waals surface area contributed by atoms with E-state index in [1.54, 1.807) is 0 Å². The molecule has 2 aromatic rings. The third-order valence-electron chi connectivity index (χ3n) is 5.64. The van der Waals surface area contributed by atoms with Crippen LogP contribution in [0.1, 0.15) is 82.9 Å². The van der Waals surface area contributed by atoms with Gasteiger partial charge in [0.05, 0.1) is 5.52 Å². The van der Waals surface area contributed by atoms with Crippen molar-refractivity contribution < 1.29 is 4.43 Å². The SMILES string of the molecule is Cc1ccc2ccc(C(CCCCCCCCO[SiH](C)C)C(C)(C)C)cc2n1. The highest BCUT2D eigenvalue weighted by Crippen LogP contribution is 2.39. The Kier molecular flexibility index (Phi) is 9.16. The van der Waals surface area contributed by atoms with Crippen LogP contribution in [0, 0.1) is 12.3 Å². The molecule has 0 fully saturated rings. The molecule has 0 amide bonds. The minimum absolute atomic E-state index is 0.273. The highest BCUT2D eigenvalue weighted by molar-refractivity contribution is 6.48. The molecule has 1 heterocycles. The van der Waals surface area contributed by atoms with Gasteiger partial charge in [-0.2, -0.15) is 0 Å². The molecule has 0 radical (unpaired) electrons. The zero-order chi connectivity index (χ0) is 20.6. The van der Waals surface area contributed by atoms with Crippen LogP contribution in [0.25, 0.3) is 10.9 Å². The van der Waals surface area contributed by atoms with Gasteiger partial charge in [0.15, 0.2) is 9.04 Å². The molecule has 28 heavy (non-hydrogen) atoms. The molecular formula is C25H41NOSi. The second kappa shape index (κ2) is 11.1. The summed E-state index contributed by atoms with van der Waals surface area (Å²) in [5, 5.41) is 1.24. The van der Waals surface area contributed by atoms with Crippen LogP contribution in [0.3, 0.4) is 0 Å². The van der Waals surface area contributed by atoms with E-state index in [4.69, 9.17) is 9.41 Å². The molecule has 0 bridgehead atoms. The molecule has 0 aliphatic rings. The third kappa shape index (κ3) is 7.67. The Morgan fingerprint density at radius 2 is 1.57 bits per heavy atom. The lowest BCUT2D eigenvalue weighted by molar-refractivity contribution is 0.295. The summed E-state index contributed by atoms with van der Waals surface area (Å²) in [6.07, 6.45) is 9.19. The summed E-state index contributed by atoms with van der Waals surface area (Å²) >= 11 is 0. The Labute approximate surface area is 174 Å². The summed E-state index contributed by atoms with van der Waals surface area (Å²) in [5.74, 6) is 0.587. The highest BCUT2D eigenvalue weighted by Gasteiger charge is 2.26. The lowest BCUT2D eigenvalue weighted by atomic mass is 9.73. The van der Waals surface area contributed by atoms with Gasteiger partial charge in [-0.3, -0.25) is 4.98 Å². The van der Waals surface area contributed by atoms with Crippen molar-refractivity contribution in [2.75, 3.05) is 6.61 Å². The molecule has 1 atom stereocenters. The minimum atomic E-state index is -0.822. The molecule has 0 saturated carbocycles. The van der Waals surface area contributed by atoms with Crippen molar-refractivity contribution in [3.05, 3.63) is 41.6 Å². The zero-order valence-electron chi connectivity index (χ0n) is 19.1. The van der Waals surface area contributed by atoms with Crippen molar-refractivity contribution >= 4 is 19.9 Å². The summed E-state index contributed by atoms with van der Waals surface area (Å²) < 4.78 is 5.76. The molecular weight excluding hydrogens is 358 g/mol. The summed E-state index contributed by atoms with van der Waals surface area (Å²) in [7, 11) is -0.822. The first-order chi connectivity index (χ1) is 13.3. The average molecular weight is 400 g/mol. The Morgan fingerprint density at radius 1 is 0.929 bits per heavy atom. The molecule has 1 aromatic heterocycles. The van der Waals surface area contributed by atoms with E-state index in [0.717, 1.165) is 17.8 Å². The first kappa shape index (κ1) is 23.1. The van der Waals surface area contributed by atoms with Crippen LogP contribution in [-0.4, -0.2) is 20.6 Å². The highest BCUT2D eigenvalue weighted by atomic mass is 28.3. The van der Waals surface area contributed by atoms with Gasteiger partial charge in [-0.15, -0.1) is 0 Å². The van der Waals surface area contributed by atoms with Gasteiger partial charge in [0.25, 0.3) is 0 Å². The maximum absolute atomic E-state index is 5.76. The van der Waals surface area contributed by atoms with E-state index in [9.17, 15) is 0 Å². The molecule has 1 aromatic carbocycles. The van der Waals surface area contributed by atoms with Crippen molar-refractivity contribution in [2.24, 2.45) is 5.41 Å². The fourth-order valence-corrected chi connectivity index (χ4v) is 4.67. The Balaban J connectivity index is 1.84. The molecule has 0 aliphatic heterocycles. The van der Waals surface area contributed by atoms with E-state index in [1.807, 2.05) is 0 Å². The number of hydrogen-bond acceptors (Lipinski definition) is 2. The van der Waals surface area contributed by atoms with E-state index >= 15 is 0 Å². The van der Waals surface area contributed by atoms with Crippen molar-refractivity contribution in [1.82, 2.24) is 4.98 Å². The second-order valence-corrected chi connectivity index (χ2v) is 12.1. The van der Waals surface area contributed by atoms with Crippen LogP contribution in [0.5, 0.6) is 0 Å². The maximum atomic E-state index is 5.76. The van der Waals surface area contributed by atoms with Crippen molar-refractivity contribution in [2.45, 2.75) is 91.7 Å². The predicted octanol–water partition coefficient (Wildman–Crippen LogP) is 7.40. The van der Waals surface area contributed by atoms with Gasteiger partial charge in [-0.05, 0) is 61.9 Å². The molecule has 0 N–H and O–H groups in total. The van der Waals surface area contributed by atoms with Crippen LogP contribution in [0.15, 0.2) is 30.3 Å². The van der Waals surface area contributed by atoms with E-state index in [-0.39, 0.29) is 5.41 Å². The smallest absolute Gasteiger partial charge is 0.170 e. The van der Waals surface area contributed by atoms with Crippen LogP contribution in [-0.2, 0) is 4.43 Å². The van der Waals surface area contributed by atoms with Gasteiger partial charge in [0.1, 0.15) is 0 Å². The number of aromatic nitrogens is 1. The summed E-state index contributed by atoms with van der Waals surface area (Å²) in [5.41, 5.74) is 3.96. The summed E-state index contributed by atoms with van der Waals surface area (Å²) in [4.78, 5) is 4.75. The van der Waals surface area contributed by atoms with Gasteiger partial charge in [0, 0.05) is 17.7 Å². The largest absolute Gasteiger partial charge is 0.421 e. The number of pyridine rings is 1. The molecule has 1 unspecified atom stereocenters. The van der Waals surface area contributed by atoms with Crippen molar-refractivity contribution in [3.8, 4) is 0 Å². The topological polar surface area (TPSA) is 22.1 Å². The van der Waals surface area contributed by atoms with Crippen LogP contribution < -0.4 is 0 Å². The van der Waals surface area contributed by atoms with Gasteiger partial charge in [-0.1, -0.05) is 71.1 Å². The lowest BCUT2D eigenvalue weighted by Gasteiger charge is -2.31. The molecule has 3 heteroatoms. The fraction of sp³-hybridized carbons (Fsp3) is 0.640. The Hall–Kier alpha value is -1.19. The number of aryl methyl sites for hydroxylation is 1. The summed E-state index contributed by atoms with van der Waals surface area (Å²) in [6, 6.07) is 11.2. The van der Waals surface area contributed by atoms with E-state index in [1.165, 1.54) is 55.9 Å². The lowest BCUT2D eigenvalue weighted by Crippen LogP contribution is -2.18. The maximum Gasteiger partial charge on any atom is 0.170 e. The standard InChI is InChI=1S/C25H41NOSi/c1-20-14-15-21-16-17-22(19-24(21)26-20)23(25(2,3)4)13-11-9-7-8-10-12-18-27-28(5)6/h14-17,19,23,28H,7-13,18H2,1-6H3. The molecule has 0 spiro atoms. The van der Waals surface area contributed by atoms with Crippen LogP contribution in [0.4, 0.5) is 0 Å². The molecule has 156 valence electrons. The Bertz CT molecular complexity index is 720.